The van der Waals surface area contributed by atoms with Crippen molar-refractivity contribution in [2.75, 3.05) is 7.11 Å². The van der Waals surface area contributed by atoms with E-state index in [1.807, 2.05) is 0 Å². The number of aromatic nitrogens is 1. The van der Waals surface area contributed by atoms with E-state index in [0.717, 1.165) is 0 Å². The van der Waals surface area contributed by atoms with Crippen molar-refractivity contribution in [2.45, 2.75) is 20.0 Å². The number of alkyl halides is 2. The largest absolute Gasteiger partial charge is 0.481 e. The molecular weight excluding hydrogens is 192 g/mol. The second-order valence-corrected chi connectivity index (χ2v) is 2.82. The Balaban J connectivity index is 3.23. The van der Waals surface area contributed by atoms with Crippen molar-refractivity contribution in [3.63, 3.8) is 0 Å². The van der Waals surface area contributed by atoms with Gasteiger partial charge in [0.2, 0.25) is 5.88 Å². The Labute approximate surface area is 80.3 Å². The molecule has 0 unspecified atom stereocenters. The molecular formula is C9H11F2NO2. The van der Waals surface area contributed by atoms with Gasteiger partial charge in [-0.25, -0.2) is 13.8 Å². The van der Waals surface area contributed by atoms with Gasteiger partial charge >= 0.3 is 0 Å². The van der Waals surface area contributed by atoms with Gasteiger partial charge in [-0.3, -0.25) is 0 Å². The van der Waals surface area contributed by atoms with E-state index in [0.29, 0.717) is 11.1 Å². The summed E-state index contributed by atoms with van der Waals surface area (Å²) in [6, 6.07) is 1.45. The fourth-order valence-electron chi connectivity index (χ4n) is 1.18. The predicted octanol–water partition coefficient (Wildman–Crippen LogP) is 1.83. The number of pyridine rings is 1. The zero-order valence-electron chi connectivity index (χ0n) is 7.92. The normalized spacial score (nSPS) is 10.7. The van der Waals surface area contributed by atoms with Gasteiger partial charge in [0.25, 0.3) is 6.43 Å². The lowest BCUT2D eigenvalue weighted by Crippen LogP contribution is -2.02. The lowest BCUT2D eigenvalue weighted by atomic mass is 10.1. The van der Waals surface area contributed by atoms with Crippen molar-refractivity contribution in [1.82, 2.24) is 4.98 Å². The first-order valence-electron chi connectivity index (χ1n) is 4.03. The van der Waals surface area contributed by atoms with Crippen LogP contribution in [-0.4, -0.2) is 17.2 Å². The van der Waals surface area contributed by atoms with Crippen molar-refractivity contribution in [3.8, 4) is 5.88 Å². The van der Waals surface area contributed by atoms with Crippen LogP contribution in [0.2, 0.25) is 0 Å². The SMILES string of the molecule is COc1nc(C(F)F)c(C)cc1CO. The highest BCUT2D eigenvalue weighted by atomic mass is 19.3. The number of aryl methyl sites for hydroxylation is 1. The van der Waals surface area contributed by atoms with Crippen LogP contribution in [0, 0.1) is 6.92 Å². The molecule has 3 nitrogen and oxygen atoms in total. The van der Waals surface area contributed by atoms with Crippen molar-refractivity contribution < 1.29 is 18.6 Å². The quantitative estimate of drug-likeness (QED) is 0.814. The summed E-state index contributed by atoms with van der Waals surface area (Å²) in [5, 5.41) is 8.90. The summed E-state index contributed by atoms with van der Waals surface area (Å²) in [5.74, 6) is 0.0494. The van der Waals surface area contributed by atoms with Crippen LogP contribution in [-0.2, 0) is 6.61 Å². The van der Waals surface area contributed by atoms with Crippen molar-refractivity contribution in [1.29, 1.82) is 0 Å². The van der Waals surface area contributed by atoms with E-state index in [-0.39, 0.29) is 18.2 Å². The Morgan fingerprint density at radius 3 is 2.64 bits per heavy atom. The maximum Gasteiger partial charge on any atom is 0.280 e. The molecule has 0 aliphatic carbocycles. The molecule has 0 fully saturated rings. The Morgan fingerprint density at radius 2 is 2.21 bits per heavy atom. The average molecular weight is 203 g/mol. The molecule has 1 heterocycles. The Bertz CT molecular complexity index is 329. The number of methoxy groups -OCH3 is 1. The van der Waals surface area contributed by atoms with Crippen LogP contribution in [0.3, 0.4) is 0 Å². The van der Waals surface area contributed by atoms with Gasteiger partial charge in [0, 0.05) is 5.56 Å². The maximum atomic E-state index is 12.4. The molecule has 0 radical (unpaired) electrons. The Morgan fingerprint density at radius 1 is 1.57 bits per heavy atom. The molecule has 5 heteroatoms. The molecule has 0 saturated heterocycles. The lowest BCUT2D eigenvalue weighted by Gasteiger charge is -2.10. The van der Waals surface area contributed by atoms with E-state index >= 15 is 0 Å². The highest BCUT2D eigenvalue weighted by Gasteiger charge is 2.16. The fourth-order valence-corrected chi connectivity index (χ4v) is 1.18. The summed E-state index contributed by atoms with van der Waals surface area (Å²) in [6.07, 6.45) is -2.63. The second kappa shape index (κ2) is 4.32. The van der Waals surface area contributed by atoms with Gasteiger partial charge in [0.1, 0.15) is 5.69 Å². The molecule has 0 aliphatic heterocycles. The van der Waals surface area contributed by atoms with Crippen molar-refractivity contribution in [2.24, 2.45) is 0 Å². The van der Waals surface area contributed by atoms with Crippen LogP contribution in [0.1, 0.15) is 23.2 Å². The third kappa shape index (κ3) is 1.98. The zero-order valence-corrected chi connectivity index (χ0v) is 7.92. The number of halogens is 2. The monoisotopic (exact) mass is 203 g/mol. The minimum Gasteiger partial charge on any atom is -0.481 e. The molecule has 0 amide bonds. The number of rotatable bonds is 3. The van der Waals surface area contributed by atoms with Gasteiger partial charge in [-0.15, -0.1) is 0 Å². The first-order valence-corrected chi connectivity index (χ1v) is 4.03. The molecule has 0 atom stereocenters. The first kappa shape index (κ1) is 10.8. The average Bonchev–Trinajstić information content (AvgIpc) is 2.16. The molecule has 1 N–H and O–H groups in total. The highest BCUT2D eigenvalue weighted by molar-refractivity contribution is 5.33. The molecule has 14 heavy (non-hydrogen) atoms. The summed E-state index contributed by atoms with van der Waals surface area (Å²) in [4.78, 5) is 3.63. The predicted molar refractivity (Wildman–Crippen MR) is 46.4 cm³/mol. The molecule has 1 rings (SSSR count). The summed E-state index contributed by atoms with van der Waals surface area (Å²) in [6.45, 7) is 1.24. The number of aliphatic hydroxyl groups excluding tert-OH is 1. The van der Waals surface area contributed by atoms with E-state index in [1.54, 1.807) is 0 Å². The first-order chi connectivity index (χ1) is 6.60. The van der Waals surface area contributed by atoms with Crippen molar-refractivity contribution in [3.05, 3.63) is 22.9 Å². The second-order valence-electron chi connectivity index (χ2n) is 2.82. The van der Waals surface area contributed by atoms with Gasteiger partial charge in [-0.05, 0) is 18.6 Å². The van der Waals surface area contributed by atoms with Crippen molar-refractivity contribution >= 4 is 0 Å². The fraction of sp³-hybridized carbons (Fsp3) is 0.444. The van der Waals surface area contributed by atoms with E-state index in [2.05, 4.69) is 4.98 Å². The van der Waals surface area contributed by atoms with E-state index in [9.17, 15) is 8.78 Å². The molecule has 0 spiro atoms. The maximum absolute atomic E-state index is 12.4. The molecule has 1 aromatic heterocycles. The summed E-state index contributed by atoms with van der Waals surface area (Å²) >= 11 is 0. The van der Waals surface area contributed by atoms with Crippen LogP contribution < -0.4 is 4.74 Å². The smallest absolute Gasteiger partial charge is 0.280 e. The van der Waals surface area contributed by atoms with Gasteiger partial charge in [-0.1, -0.05) is 0 Å². The minimum atomic E-state index is -2.63. The number of nitrogens with zero attached hydrogens (tertiary/aromatic N) is 1. The zero-order chi connectivity index (χ0) is 10.7. The summed E-state index contributed by atoms with van der Waals surface area (Å²) < 4.78 is 29.6. The Hall–Kier alpha value is -1.23. The standard InChI is InChI=1S/C9H11F2NO2/c1-5-3-6(4-13)9(14-2)12-7(5)8(10)11/h3,8,13H,4H2,1-2H3. The third-order valence-electron chi connectivity index (χ3n) is 1.86. The van der Waals surface area contributed by atoms with E-state index in [4.69, 9.17) is 9.84 Å². The topological polar surface area (TPSA) is 42.4 Å². The molecule has 0 aliphatic rings. The van der Waals surface area contributed by atoms with E-state index in [1.165, 1.54) is 20.1 Å². The number of aliphatic hydroxyl groups is 1. The third-order valence-corrected chi connectivity index (χ3v) is 1.86. The molecule has 78 valence electrons. The number of ether oxygens (including phenoxy) is 1. The molecule has 1 aromatic rings. The Kier molecular flexibility index (Phi) is 3.35. The van der Waals surface area contributed by atoms with Crippen LogP contribution >= 0.6 is 0 Å². The van der Waals surface area contributed by atoms with Gasteiger partial charge in [-0.2, -0.15) is 0 Å². The van der Waals surface area contributed by atoms with Crippen LogP contribution in [0.5, 0.6) is 5.88 Å². The molecule has 0 aromatic carbocycles. The minimum absolute atomic E-state index is 0.0494. The summed E-state index contributed by atoms with van der Waals surface area (Å²) in [5.41, 5.74) is 0.457. The summed E-state index contributed by atoms with van der Waals surface area (Å²) in [7, 11) is 1.33. The van der Waals surface area contributed by atoms with Gasteiger partial charge in [0.15, 0.2) is 0 Å². The van der Waals surface area contributed by atoms with E-state index < -0.39 is 6.43 Å². The molecule has 0 saturated carbocycles. The van der Waals surface area contributed by atoms with Crippen LogP contribution in [0.4, 0.5) is 8.78 Å². The van der Waals surface area contributed by atoms with Crippen LogP contribution in [0.15, 0.2) is 6.07 Å². The highest BCUT2D eigenvalue weighted by Crippen LogP contribution is 2.26. The van der Waals surface area contributed by atoms with Crippen LogP contribution in [0.25, 0.3) is 0 Å². The molecule has 0 bridgehead atoms. The lowest BCUT2D eigenvalue weighted by molar-refractivity contribution is 0.143. The number of hydrogen-bond donors (Lipinski definition) is 1. The van der Waals surface area contributed by atoms with Gasteiger partial charge < -0.3 is 9.84 Å². The number of hydrogen-bond acceptors (Lipinski definition) is 3. The van der Waals surface area contributed by atoms with Gasteiger partial charge in [0.05, 0.1) is 13.7 Å².